The highest BCUT2D eigenvalue weighted by atomic mass is 16.4. The molecule has 0 aromatic rings. The van der Waals surface area contributed by atoms with Gasteiger partial charge >= 0.3 is 5.97 Å². The Morgan fingerprint density at radius 1 is 0.950 bits per heavy atom. The molecule has 0 aliphatic rings. The summed E-state index contributed by atoms with van der Waals surface area (Å²) in [6.07, 6.45) is 15.9. The number of aliphatic hydroxyl groups is 1. The maximum atomic E-state index is 10.4. The summed E-state index contributed by atoms with van der Waals surface area (Å²) >= 11 is 0. The molecule has 0 heterocycles. The summed E-state index contributed by atoms with van der Waals surface area (Å²) in [4.78, 5) is 10.4. The normalized spacial score (nSPS) is 12.9. The van der Waals surface area contributed by atoms with Gasteiger partial charge in [-0.25, -0.2) is 0 Å². The predicted molar refractivity (Wildman–Crippen MR) is 83.8 cm³/mol. The Morgan fingerprint density at radius 3 is 2.30 bits per heavy atom. The molecule has 1 unspecified atom stereocenters. The minimum Gasteiger partial charge on any atom is -0.481 e. The average molecular weight is 284 g/mol. The lowest BCUT2D eigenvalue weighted by molar-refractivity contribution is -0.137. The van der Waals surface area contributed by atoms with Crippen molar-refractivity contribution in [3.63, 3.8) is 0 Å². The number of carbonyl (C=O) groups is 1. The van der Waals surface area contributed by atoms with Crippen LogP contribution in [-0.4, -0.2) is 22.8 Å². The van der Waals surface area contributed by atoms with Crippen LogP contribution in [0.4, 0.5) is 0 Å². The summed E-state index contributed by atoms with van der Waals surface area (Å²) in [6.45, 7) is 2.53. The van der Waals surface area contributed by atoms with Crippen molar-refractivity contribution in [3.05, 3.63) is 12.2 Å². The fourth-order valence-electron chi connectivity index (χ4n) is 2.27. The number of unbranched alkanes of at least 4 members (excludes halogenated alkanes) is 5. The average Bonchev–Trinajstić information content (AvgIpc) is 2.40. The van der Waals surface area contributed by atoms with E-state index in [1.165, 1.54) is 19.3 Å². The van der Waals surface area contributed by atoms with Crippen molar-refractivity contribution in [1.82, 2.24) is 0 Å². The van der Waals surface area contributed by atoms with Crippen LogP contribution in [-0.2, 0) is 4.79 Å². The molecule has 0 radical (unpaired) electrons. The van der Waals surface area contributed by atoms with Crippen molar-refractivity contribution >= 4 is 5.97 Å². The molecule has 0 aliphatic heterocycles. The zero-order valence-electron chi connectivity index (χ0n) is 13.0. The van der Waals surface area contributed by atoms with Gasteiger partial charge in [0.05, 0.1) is 0 Å². The van der Waals surface area contributed by atoms with E-state index in [-0.39, 0.29) is 0 Å². The Labute approximate surface area is 124 Å². The van der Waals surface area contributed by atoms with Gasteiger partial charge in [-0.15, -0.1) is 0 Å². The van der Waals surface area contributed by atoms with E-state index in [9.17, 15) is 4.79 Å². The van der Waals surface area contributed by atoms with Gasteiger partial charge in [0.25, 0.3) is 0 Å². The van der Waals surface area contributed by atoms with Crippen LogP contribution in [0.15, 0.2) is 12.2 Å². The van der Waals surface area contributed by atoms with Gasteiger partial charge in [-0.2, -0.15) is 0 Å². The molecule has 2 N–H and O–H groups in total. The van der Waals surface area contributed by atoms with Gasteiger partial charge in [-0.05, 0) is 44.4 Å². The van der Waals surface area contributed by atoms with E-state index in [0.29, 0.717) is 18.9 Å². The Kier molecular flexibility index (Phi) is 14.0. The molecular weight excluding hydrogens is 252 g/mol. The smallest absolute Gasteiger partial charge is 0.303 e. The van der Waals surface area contributed by atoms with Gasteiger partial charge in [0.1, 0.15) is 0 Å². The molecule has 3 heteroatoms. The van der Waals surface area contributed by atoms with Gasteiger partial charge in [0.15, 0.2) is 0 Å². The molecule has 1 atom stereocenters. The molecule has 20 heavy (non-hydrogen) atoms. The first-order valence-corrected chi connectivity index (χ1v) is 8.14. The summed E-state index contributed by atoms with van der Waals surface area (Å²) in [5, 5.41) is 17.2. The first-order chi connectivity index (χ1) is 9.66. The fraction of sp³-hybridized carbons (Fsp3) is 0.824. The van der Waals surface area contributed by atoms with Crippen molar-refractivity contribution in [2.75, 3.05) is 6.61 Å². The highest BCUT2D eigenvalue weighted by Crippen LogP contribution is 2.14. The van der Waals surface area contributed by atoms with Gasteiger partial charge in [-0.3, -0.25) is 4.79 Å². The van der Waals surface area contributed by atoms with Crippen molar-refractivity contribution in [2.24, 2.45) is 5.92 Å². The number of allylic oxidation sites excluding steroid dienone is 2. The molecule has 3 nitrogen and oxygen atoms in total. The van der Waals surface area contributed by atoms with Crippen LogP contribution >= 0.6 is 0 Å². The highest BCUT2D eigenvalue weighted by Gasteiger charge is 2.02. The molecule has 0 saturated carbocycles. The summed E-state index contributed by atoms with van der Waals surface area (Å²) in [6, 6.07) is 0. The van der Waals surface area contributed by atoms with Crippen LogP contribution in [0.1, 0.15) is 77.6 Å². The largest absolute Gasteiger partial charge is 0.481 e. The number of aliphatic carboxylic acids is 1. The molecule has 118 valence electrons. The Balaban J connectivity index is 3.27. The van der Waals surface area contributed by atoms with Crippen molar-refractivity contribution < 1.29 is 15.0 Å². The SMILES string of the molecule is CC(CCC=CCCCCCCCO)CCCC(=O)O. The van der Waals surface area contributed by atoms with Crippen LogP contribution in [0, 0.1) is 5.92 Å². The van der Waals surface area contributed by atoms with Gasteiger partial charge in [0, 0.05) is 13.0 Å². The second-order valence-electron chi connectivity index (χ2n) is 5.72. The highest BCUT2D eigenvalue weighted by molar-refractivity contribution is 5.66. The molecule has 0 bridgehead atoms. The maximum absolute atomic E-state index is 10.4. The van der Waals surface area contributed by atoms with E-state index in [4.69, 9.17) is 10.2 Å². The van der Waals surface area contributed by atoms with E-state index in [0.717, 1.165) is 44.9 Å². The summed E-state index contributed by atoms with van der Waals surface area (Å²) < 4.78 is 0. The zero-order valence-corrected chi connectivity index (χ0v) is 13.0. The van der Waals surface area contributed by atoms with Crippen LogP contribution in [0.25, 0.3) is 0 Å². The number of hydrogen-bond donors (Lipinski definition) is 2. The topological polar surface area (TPSA) is 57.5 Å². The van der Waals surface area contributed by atoms with E-state index in [1.54, 1.807) is 0 Å². The zero-order chi connectivity index (χ0) is 15.1. The minimum absolute atomic E-state index is 0.302. The molecule has 0 amide bonds. The van der Waals surface area contributed by atoms with Gasteiger partial charge in [0.2, 0.25) is 0 Å². The third kappa shape index (κ3) is 15.2. The second kappa shape index (κ2) is 14.6. The van der Waals surface area contributed by atoms with Crippen LogP contribution in [0.5, 0.6) is 0 Å². The number of carboxylic acid groups (broad SMARTS) is 1. The lowest BCUT2D eigenvalue weighted by atomic mass is 9.98. The first kappa shape index (κ1) is 19.2. The predicted octanol–water partition coefficient (Wildman–Crippen LogP) is 4.55. The van der Waals surface area contributed by atoms with E-state index >= 15 is 0 Å². The Morgan fingerprint density at radius 2 is 1.60 bits per heavy atom. The maximum Gasteiger partial charge on any atom is 0.303 e. The molecule has 0 spiro atoms. The van der Waals surface area contributed by atoms with Crippen molar-refractivity contribution in [3.8, 4) is 0 Å². The minimum atomic E-state index is -0.684. The Bertz CT molecular complexity index is 249. The van der Waals surface area contributed by atoms with Crippen molar-refractivity contribution in [1.29, 1.82) is 0 Å². The third-order valence-corrected chi connectivity index (χ3v) is 3.61. The lowest BCUT2D eigenvalue weighted by Crippen LogP contribution is -1.98. The van der Waals surface area contributed by atoms with Crippen molar-refractivity contribution in [2.45, 2.75) is 77.6 Å². The van der Waals surface area contributed by atoms with Crippen LogP contribution < -0.4 is 0 Å². The first-order valence-electron chi connectivity index (χ1n) is 8.14. The summed E-state index contributed by atoms with van der Waals surface area (Å²) in [7, 11) is 0. The van der Waals surface area contributed by atoms with E-state index in [1.807, 2.05) is 0 Å². The number of hydrogen-bond acceptors (Lipinski definition) is 2. The molecule has 0 rings (SSSR count). The van der Waals surface area contributed by atoms with E-state index in [2.05, 4.69) is 19.1 Å². The van der Waals surface area contributed by atoms with Crippen LogP contribution in [0.3, 0.4) is 0 Å². The summed E-state index contributed by atoms with van der Waals surface area (Å²) in [5.41, 5.74) is 0. The molecule has 0 aromatic heterocycles. The lowest BCUT2D eigenvalue weighted by Gasteiger charge is -2.08. The molecule has 0 saturated heterocycles. The number of rotatable bonds is 14. The van der Waals surface area contributed by atoms with Gasteiger partial charge < -0.3 is 10.2 Å². The fourth-order valence-corrected chi connectivity index (χ4v) is 2.27. The standard InChI is InChI=1S/C17H32O3/c1-16(13-11-14-17(19)20)12-9-7-5-3-2-4-6-8-10-15-18/h5,7,16,18H,2-4,6,8-15H2,1H3,(H,19,20). The third-order valence-electron chi connectivity index (χ3n) is 3.61. The van der Waals surface area contributed by atoms with Gasteiger partial charge in [-0.1, -0.05) is 44.8 Å². The molecule has 0 fully saturated rings. The Hall–Kier alpha value is -0.830. The number of aliphatic hydroxyl groups excluding tert-OH is 1. The monoisotopic (exact) mass is 284 g/mol. The van der Waals surface area contributed by atoms with Crippen LogP contribution in [0.2, 0.25) is 0 Å². The second-order valence-corrected chi connectivity index (χ2v) is 5.72. The molecule has 0 aromatic carbocycles. The summed E-state index contributed by atoms with van der Waals surface area (Å²) in [5.74, 6) is -0.0615. The quantitative estimate of drug-likeness (QED) is 0.363. The van der Waals surface area contributed by atoms with E-state index < -0.39 is 5.97 Å². The molecule has 0 aliphatic carbocycles. The number of carboxylic acids is 1. The molecular formula is C17H32O3.